The molecule has 0 aromatic heterocycles. The van der Waals surface area contributed by atoms with Crippen molar-refractivity contribution < 1.29 is 0 Å². The molecule has 19 heavy (non-hydrogen) atoms. The van der Waals surface area contributed by atoms with Gasteiger partial charge in [0.25, 0.3) is 0 Å². The van der Waals surface area contributed by atoms with Gasteiger partial charge in [-0.1, -0.05) is 66.5 Å². The molecule has 0 amide bonds. The van der Waals surface area contributed by atoms with Gasteiger partial charge in [0.2, 0.25) is 0 Å². The summed E-state index contributed by atoms with van der Waals surface area (Å²) in [4.78, 5) is 0. The molecule has 0 fully saturated rings. The molecular weight excluding hydrogens is 277 g/mol. The highest BCUT2D eigenvalue weighted by atomic mass is 35.5. The Morgan fingerprint density at radius 1 is 0.895 bits per heavy atom. The fraction of sp³-hybridized carbons (Fsp3) is 0.250. The van der Waals surface area contributed by atoms with Gasteiger partial charge in [0.05, 0.1) is 10.0 Å². The molecule has 0 aliphatic carbocycles. The van der Waals surface area contributed by atoms with Gasteiger partial charge < -0.3 is 5.32 Å². The highest BCUT2D eigenvalue weighted by molar-refractivity contribution is 6.42. The van der Waals surface area contributed by atoms with Crippen LogP contribution in [0.5, 0.6) is 0 Å². The molecule has 0 spiro atoms. The second-order valence-corrected chi connectivity index (χ2v) is 5.45. The third-order valence-corrected chi connectivity index (χ3v) is 4.18. The first-order valence-electron chi connectivity index (χ1n) is 6.30. The molecule has 2 unspecified atom stereocenters. The molecule has 0 aliphatic heterocycles. The third kappa shape index (κ3) is 3.30. The Kier molecular flexibility index (Phi) is 4.87. The van der Waals surface area contributed by atoms with E-state index >= 15 is 0 Å². The first-order valence-corrected chi connectivity index (χ1v) is 7.06. The number of nitrogens with one attached hydrogen (secondary N) is 1. The van der Waals surface area contributed by atoms with Crippen molar-refractivity contribution in [2.45, 2.75) is 18.9 Å². The molecule has 2 aromatic carbocycles. The average Bonchev–Trinajstić information content (AvgIpc) is 2.44. The number of benzene rings is 2. The van der Waals surface area contributed by atoms with E-state index in [1.54, 1.807) is 0 Å². The Balaban J connectivity index is 2.31. The summed E-state index contributed by atoms with van der Waals surface area (Å²) < 4.78 is 0. The molecule has 0 saturated heterocycles. The van der Waals surface area contributed by atoms with Crippen molar-refractivity contribution in [2.24, 2.45) is 0 Å². The van der Waals surface area contributed by atoms with Crippen LogP contribution >= 0.6 is 23.2 Å². The van der Waals surface area contributed by atoms with E-state index in [1.165, 1.54) is 5.56 Å². The van der Waals surface area contributed by atoms with Crippen LogP contribution in [0, 0.1) is 0 Å². The van der Waals surface area contributed by atoms with Gasteiger partial charge in [0.15, 0.2) is 0 Å². The molecule has 0 aliphatic rings. The van der Waals surface area contributed by atoms with E-state index in [1.807, 2.05) is 31.3 Å². The summed E-state index contributed by atoms with van der Waals surface area (Å²) >= 11 is 12.1. The Morgan fingerprint density at radius 2 is 1.58 bits per heavy atom. The van der Waals surface area contributed by atoms with Gasteiger partial charge in [-0.05, 0) is 30.3 Å². The molecule has 1 nitrogen and oxygen atoms in total. The highest BCUT2D eigenvalue weighted by Gasteiger charge is 2.19. The maximum Gasteiger partial charge on any atom is 0.0595 e. The van der Waals surface area contributed by atoms with Crippen LogP contribution < -0.4 is 5.32 Å². The topological polar surface area (TPSA) is 12.0 Å². The Bertz CT molecular complexity index is 540. The van der Waals surface area contributed by atoms with Crippen LogP contribution in [0.3, 0.4) is 0 Å². The van der Waals surface area contributed by atoms with Gasteiger partial charge >= 0.3 is 0 Å². The van der Waals surface area contributed by atoms with Crippen molar-refractivity contribution in [2.75, 3.05) is 7.05 Å². The lowest BCUT2D eigenvalue weighted by Crippen LogP contribution is -2.22. The fourth-order valence-electron chi connectivity index (χ4n) is 2.36. The molecule has 0 heterocycles. The zero-order valence-corrected chi connectivity index (χ0v) is 12.5. The lowest BCUT2D eigenvalue weighted by Gasteiger charge is -2.25. The Morgan fingerprint density at radius 3 is 2.16 bits per heavy atom. The van der Waals surface area contributed by atoms with Gasteiger partial charge in [-0.15, -0.1) is 0 Å². The minimum absolute atomic E-state index is 0.206. The van der Waals surface area contributed by atoms with Crippen molar-refractivity contribution in [3.8, 4) is 0 Å². The smallest absolute Gasteiger partial charge is 0.0595 e. The van der Waals surface area contributed by atoms with Crippen molar-refractivity contribution in [3.05, 3.63) is 69.7 Å². The van der Waals surface area contributed by atoms with Crippen LogP contribution in [0.1, 0.15) is 30.0 Å². The number of hydrogen-bond donors (Lipinski definition) is 1. The second-order valence-electron chi connectivity index (χ2n) is 4.64. The van der Waals surface area contributed by atoms with Crippen molar-refractivity contribution in [1.29, 1.82) is 0 Å². The summed E-state index contributed by atoms with van der Waals surface area (Å²) in [5.41, 5.74) is 2.45. The first kappa shape index (κ1) is 14.4. The van der Waals surface area contributed by atoms with Crippen LogP contribution in [-0.4, -0.2) is 7.05 Å². The lowest BCUT2D eigenvalue weighted by molar-refractivity contribution is 0.508. The van der Waals surface area contributed by atoms with Gasteiger partial charge in [-0.3, -0.25) is 0 Å². The molecule has 0 saturated carbocycles. The number of rotatable bonds is 4. The van der Waals surface area contributed by atoms with E-state index in [2.05, 4.69) is 36.5 Å². The Labute approximate surface area is 124 Å². The first-order chi connectivity index (χ1) is 9.13. The minimum atomic E-state index is 0.206. The second kappa shape index (κ2) is 6.42. The van der Waals surface area contributed by atoms with E-state index in [9.17, 15) is 0 Å². The van der Waals surface area contributed by atoms with Crippen molar-refractivity contribution in [3.63, 3.8) is 0 Å². The van der Waals surface area contributed by atoms with Crippen LogP contribution in [0.4, 0.5) is 0 Å². The van der Waals surface area contributed by atoms with Crippen LogP contribution in [0.15, 0.2) is 48.5 Å². The zero-order valence-electron chi connectivity index (χ0n) is 11.0. The van der Waals surface area contributed by atoms with Crippen LogP contribution in [-0.2, 0) is 0 Å². The average molecular weight is 294 g/mol. The third-order valence-electron chi connectivity index (χ3n) is 3.44. The largest absolute Gasteiger partial charge is 0.312 e. The summed E-state index contributed by atoms with van der Waals surface area (Å²) in [6.45, 7) is 2.21. The van der Waals surface area contributed by atoms with Crippen LogP contribution in [0.2, 0.25) is 10.0 Å². The summed E-state index contributed by atoms with van der Waals surface area (Å²) in [5, 5.41) is 4.55. The van der Waals surface area contributed by atoms with Gasteiger partial charge in [0.1, 0.15) is 0 Å². The van der Waals surface area contributed by atoms with Crippen LogP contribution in [0.25, 0.3) is 0 Å². The van der Waals surface area contributed by atoms with Gasteiger partial charge in [0, 0.05) is 12.0 Å². The standard InChI is InChI=1S/C16H17Cl2N/c1-11(12-6-4-3-5-7-12)16(19-2)13-8-9-14(17)15(18)10-13/h3-11,16,19H,1-2H3. The monoisotopic (exact) mass is 293 g/mol. The summed E-state index contributed by atoms with van der Waals surface area (Å²) in [5.74, 6) is 0.350. The highest BCUT2D eigenvalue weighted by Crippen LogP contribution is 2.33. The number of likely N-dealkylation sites (N-methyl/N-ethyl adjacent to an activating group) is 1. The van der Waals surface area contributed by atoms with Gasteiger partial charge in [-0.2, -0.15) is 0 Å². The van der Waals surface area contributed by atoms with E-state index in [0.717, 1.165) is 5.56 Å². The molecule has 100 valence electrons. The molecule has 2 rings (SSSR count). The molecular formula is C16H17Cl2N. The van der Waals surface area contributed by atoms with E-state index in [4.69, 9.17) is 23.2 Å². The summed E-state index contributed by atoms with van der Waals surface area (Å²) in [6, 6.07) is 16.5. The maximum absolute atomic E-state index is 6.11. The number of hydrogen-bond acceptors (Lipinski definition) is 1. The predicted molar refractivity (Wildman–Crippen MR) is 83.1 cm³/mol. The Hall–Kier alpha value is -1.02. The zero-order chi connectivity index (χ0) is 13.8. The summed E-state index contributed by atoms with van der Waals surface area (Å²) in [7, 11) is 1.96. The molecule has 0 bridgehead atoms. The van der Waals surface area contributed by atoms with E-state index in [0.29, 0.717) is 16.0 Å². The minimum Gasteiger partial charge on any atom is -0.312 e. The lowest BCUT2D eigenvalue weighted by atomic mass is 9.89. The van der Waals surface area contributed by atoms with E-state index < -0.39 is 0 Å². The van der Waals surface area contributed by atoms with Crippen molar-refractivity contribution in [1.82, 2.24) is 5.32 Å². The molecule has 2 atom stereocenters. The van der Waals surface area contributed by atoms with Gasteiger partial charge in [-0.25, -0.2) is 0 Å². The maximum atomic E-state index is 6.11. The molecule has 3 heteroatoms. The molecule has 1 N–H and O–H groups in total. The van der Waals surface area contributed by atoms with Crippen molar-refractivity contribution >= 4 is 23.2 Å². The SMILES string of the molecule is CNC(c1ccc(Cl)c(Cl)c1)C(C)c1ccccc1. The molecule has 0 radical (unpaired) electrons. The fourth-order valence-corrected chi connectivity index (χ4v) is 2.67. The quantitative estimate of drug-likeness (QED) is 0.831. The number of halogens is 2. The summed E-state index contributed by atoms with van der Waals surface area (Å²) in [6.07, 6.45) is 0. The normalized spacial score (nSPS) is 14.1. The van der Waals surface area contributed by atoms with E-state index in [-0.39, 0.29) is 6.04 Å². The molecule has 2 aromatic rings. The predicted octanol–water partition coefficient (Wildman–Crippen LogP) is 5.06.